The van der Waals surface area contributed by atoms with Gasteiger partial charge in [0.15, 0.2) is 0 Å². The van der Waals surface area contributed by atoms with E-state index < -0.39 is 0 Å². The third-order valence-electron chi connectivity index (χ3n) is 2.20. The first-order chi connectivity index (χ1) is 6.27. The summed E-state index contributed by atoms with van der Waals surface area (Å²) in [4.78, 5) is 0. The highest BCUT2D eigenvalue weighted by Gasteiger charge is 2.07. The van der Waals surface area contributed by atoms with E-state index in [1.165, 1.54) is 11.1 Å². The predicted molar refractivity (Wildman–Crippen MR) is 57.3 cm³/mol. The fourth-order valence-electron chi connectivity index (χ4n) is 1.29. The van der Waals surface area contributed by atoms with Crippen LogP contribution in [0.25, 0.3) is 0 Å². The lowest BCUT2D eigenvalue weighted by Crippen LogP contribution is -1.94. The number of hydrogen-bond donors (Lipinski definition) is 0. The predicted octanol–water partition coefficient (Wildman–Crippen LogP) is 3.98. The number of nitriles is 1. The summed E-state index contributed by atoms with van der Waals surface area (Å²) in [5.41, 5.74) is 3.53. The molecule has 0 saturated heterocycles. The first kappa shape index (κ1) is 12.0. The zero-order valence-corrected chi connectivity index (χ0v) is 9.15. The maximum Gasteiger partial charge on any atom is 0.0990 e. The summed E-state index contributed by atoms with van der Waals surface area (Å²) in [5, 5.41) is 8.72. The Labute approximate surface area is 81.8 Å². The molecule has 1 aliphatic rings. The van der Waals surface area contributed by atoms with Crippen LogP contribution in [0.5, 0.6) is 0 Å². The second-order valence-electron chi connectivity index (χ2n) is 2.96. The van der Waals surface area contributed by atoms with Gasteiger partial charge >= 0.3 is 0 Å². The molecule has 0 N–H and O–H groups in total. The molecule has 0 spiro atoms. The first-order valence-corrected chi connectivity index (χ1v) is 5.07. The van der Waals surface area contributed by atoms with Crippen LogP contribution >= 0.6 is 0 Å². The van der Waals surface area contributed by atoms with E-state index in [1.54, 1.807) is 0 Å². The average Bonchev–Trinajstić information content (AvgIpc) is 2.22. The van der Waals surface area contributed by atoms with Gasteiger partial charge in [-0.2, -0.15) is 5.26 Å². The van der Waals surface area contributed by atoms with Gasteiger partial charge in [0.2, 0.25) is 0 Å². The maximum atomic E-state index is 8.72. The van der Waals surface area contributed by atoms with Crippen molar-refractivity contribution in [3.8, 4) is 6.07 Å². The van der Waals surface area contributed by atoms with E-state index in [-0.39, 0.29) is 0 Å². The minimum Gasteiger partial charge on any atom is -0.192 e. The number of rotatable bonds is 1. The second-order valence-corrected chi connectivity index (χ2v) is 2.96. The normalized spacial score (nSPS) is 15.5. The first-order valence-electron chi connectivity index (χ1n) is 5.07. The molecule has 0 aliphatic heterocycles. The molecule has 1 aliphatic carbocycles. The summed E-state index contributed by atoms with van der Waals surface area (Å²) in [6, 6.07) is 2.22. The van der Waals surface area contributed by atoms with E-state index in [4.69, 9.17) is 5.26 Å². The third-order valence-corrected chi connectivity index (χ3v) is 2.20. The molecule has 1 rings (SSSR count). The van der Waals surface area contributed by atoms with Gasteiger partial charge in [-0.25, -0.2) is 0 Å². The van der Waals surface area contributed by atoms with Crippen LogP contribution in [-0.2, 0) is 0 Å². The summed E-state index contributed by atoms with van der Waals surface area (Å²) < 4.78 is 0. The van der Waals surface area contributed by atoms with Crippen molar-refractivity contribution in [1.29, 1.82) is 5.26 Å². The fourth-order valence-corrected chi connectivity index (χ4v) is 1.29. The molecule has 13 heavy (non-hydrogen) atoms. The zero-order chi connectivity index (χ0) is 10.3. The molecule has 72 valence electrons. The zero-order valence-electron chi connectivity index (χ0n) is 9.15. The van der Waals surface area contributed by atoms with Gasteiger partial charge in [0.05, 0.1) is 11.6 Å². The second kappa shape index (κ2) is 6.48. The van der Waals surface area contributed by atoms with Crippen molar-refractivity contribution in [2.45, 2.75) is 47.0 Å². The van der Waals surface area contributed by atoms with Crippen molar-refractivity contribution in [2.24, 2.45) is 0 Å². The molecule has 0 unspecified atom stereocenters. The molecule has 0 radical (unpaired) electrons. The number of hydrogen-bond acceptors (Lipinski definition) is 1. The molecule has 0 amide bonds. The van der Waals surface area contributed by atoms with Crippen LogP contribution in [0.15, 0.2) is 22.8 Å². The van der Waals surface area contributed by atoms with Crippen LogP contribution in [0.4, 0.5) is 0 Å². The standard InChI is InChI=1S/C10H13N.C2H6/c1-3-9-5-4-8(2)10(6-9)7-11;1-2/h6H,3-5H2,1-2H3;1-2H3. The summed E-state index contributed by atoms with van der Waals surface area (Å²) in [6.45, 7) is 8.18. The Hall–Kier alpha value is -1.03. The van der Waals surface area contributed by atoms with Crippen molar-refractivity contribution in [2.75, 3.05) is 0 Å². The fraction of sp³-hybridized carbons (Fsp3) is 0.583. The van der Waals surface area contributed by atoms with Crippen LogP contribution in [0, 0.1) is 11.3 Å². The SMILES string of the molecule is CC.CCC1=CC(C#N)=C(C)CC1. The number of allylic oxidation sites excluding steroid dienone is 4. The van der Waals surface area contributed by atoms with E-state index in [1.807, 2.05) is 26.8 Å². The van der Waals surface area contributed by atoms with Gasteiger partial charge in [-0.3, -0.25) is 0 Å². The molecule has 0 aromatic rings. The average molecular weight is 177 g/mol. The Kier molecular flexibility index (Phi) is 5.97. The molecular weight excluding hydrogens is 158 g/mol. The highest BCUT2D eigenvalue weighted by atomic mass is 14.3. The van der Waals surface area contributed by atoms with Crippen molar-refractivity contribution >= 4 is 0 Å². The lowest BCUT2D eigenvalue weighted by atomic mass is 9.93. The molecular formula is C12H19N. The van der Waals surface area contributed by atoms with Crippen LogP contribution in [0.3, 0.4) is 0 Å². The lowest BCUT2D eigenvalue weighted by Gasteiger charge is -2.12. The molecule has 0 aromatic heterocycles. The highest BCUT2D eigenvalue weighted by Crippen LogP contribution is 2.24. The Balaban J connectivity index is 0.000000671. The Morgan fingerprint density at radius 2 is 2.00 bits per heavy atom. The Morgan fingerprint density at radius 3 is 2.46 bits per heavy atom. The molecule has 0 atom stereocenters. The van der Waals surface area contributed by atoms with Gasteiger partial charge in [0.1, 0.15) is 0 Å². The summed E-state index contributed by atoms with van der Waals surface area (Å²) in [6.07, 6.45) is 5.34. The minimum absolute atomic E-state index is 0.883. The van der Waals surface area contributed by atoms with E-state index in [9.17, 15) is 0 Å². The minimum atomic E-state index is 0.883. The molecule has 0 heterocycles. The van der Waals surface area contributed by atoms with Gasteiger partial charge in [-0.05, 0) is 32.3 Å². The topological polar surface area (TPSA) is 23.8 Å². The summed E-state index contributed by atoms with van der Waals surface area (Å²) >= 11 is 0. The Bertz CT molecular complexity index is 251. The van der Waals surface area contributed by atoms with E-state index in [0.29, 0.717) is 0 Å². The van der Waals surface area contributed by atoms with Crippen LogP contribution in [0.2, 0.25) is 0 Å². The molecule has 1 nitrogen and oxygen atoms in total. The molecule has 1 heteroatoms. The van der Waals surface area contributed by atoms with Crippen molar-refractivity contribution < 1.29 is 0 Å². The monoisotopic (exact) mass is 177 g/mol. The molecule has 0 aromatic carbocycles. The van der Waals surface area contributed by atoms with Gasteiger partial charge in [0.25, 0.3) is 0 Å². The lowest BCUT2D eigenvalue weighted by molar-refractivity contribution is 0.849. The van der Waals surface area contributed by atoms with Gasteiger partial charge in [0, 0.05) is 0 Å². The van der Waals surface area contributed by atoms with Gasteiger partial charge < -0.3 is 0 Å². The van der Waals surface area contributed by atoms with Crippen molar-refractivity contribution in [1.82, 2.24) is 0 Å². The van der Waals surface area contributed by atoms with Crippen molar-refractivity contribution in [3.63, 3.8) is 0 Å². The van der Waals surface area contributed by atoms with Crippen molar-refractivity contribution in [3.05, 3.63) is 22.8 Å². The maximum absolute atomic E-state index is 8.72. The van der Waals surface area contributed by atoms with Crippen LogP contribution in [0.1, 0.15) is 47.0 Å². The Morgan fingerprint density at radius 1 is 1.38 bits per heavy atom. The summed E-state index contributed by atoms with van der Waals surface area (Å²) in [7, 11) is 0. The largest absolute Gasteiger partial charge is 0.192 e. The van der Waals surface area contributed by atoms with Gasteiger partial charge in [-0.15, -0.1) is 0 Å². The van der Waals surface area contributed by atoms with Crippen LogP contribution in [-0.4, -0.2) is 0 Å². The molecule has 0 saturated carbocycles. The van der Waals surface area contributed by atoms with E-state index >= 15 is 0 Å². The van der Waals surface area contributed by atoms with Crippen LogP contribution < -0.4 is 0 Å². The third kappa shape index (κ3) is 3.46. The van der Waals surface area contributed by atoms with E-state index in [0.717, 1.165) is 24.8 Å². The highest BCUT2D eigenvalue weighted by molar-refractivity contribution is 5.42. The molecule has 0 bridgehead atoms. The quantitative estimate of drug-likeness (QED) is 0.594. The van der Waals surface area contributed by atoms with E-state index in [2.05, 4.69) is 13.0 Å². The van der Waals surface area contributed by atoms with Gasteiger partial charge in [-0.1, -0.05) is 31.9 Å². The number of nitrogens with zero attached hydrogens (tertiary/aromatic N) is 1. The molecule has 0 fully saturated rings. The smallest absolute Gasteiger partial charge is 0.0990 e. The summed E-state index contributed by atoms with van der Waals surface area (Å²) in [5.74, 6) is 0.